The first-order chi connectivity index (χ1) is 24.0. The number of benzene rings is 2. The predicted octanol–water partition coefficient (Wildman–Crippen LogP) is -0.855. The van der Waals surface area contributed by atoms with Crippen LogP contribution in [0.1, 0.15) is 23.3 Å². The minimum Gasteiger partial charge on any atom is -0.502 e. The van der Waals surface area contributed by atoms with Gasteiger partial charge in [0.2, 0.25) is 17.8 Å². The van der Waals surface area contributed by atoms with Gasteiger partial charge in [-0.2, -0.15) is 0 Å². The Morgan fingerprint density at radius 3 is 1.72 bits per heavy atom. The molecule has 7 N–H and O–H groups in total. The summed E-state index contributed by atoms with van der Waals surface area (Å²) in [7, 11) is 5.73. The number of rotatable bonds is 12. The smallest absolute Gasteiger partial charge is 0.230 e. The quantitative estimate of drug-likeness (QED) is 0.142. The lowest BCUT2D eigenvalue weighted by Gasteiger charge is -2.42. The van der Waals surface area contributed by atoms with Crippen LogP contribution in [0, 0.1) is 11.8 Å². The van der Waals surface area contributed by atoms with Crippen LogP contribution >= 0.6 is 0 Å². The lowest BCUT2D eigenvalue weighted by atomic mass is 9.84. The largest absolute Gasteiger partial charge is 0.502 e. The van der Waals surface area contributed by atoms with Crippen molar-refractivity contribution in [3.8, 4) is 34.5 Å². The van der Waals surface area contributed by atoms with Gasteiger partial charge in [-0.1, -0.05) is 0 Å². The van der Waals surface area contributed by atoms with E-state index in [1.165, 1.54) is 28.4 Å². The number of hydrogen-bond acceptors (Lipinski definition) is 17. The van der Waals surface area contributed by atoms with E-state index in [2.05, 4.69) is 0 Å². The third-order valence-electron chi connectivity index (χ3n) is 9.84. The van der Waals surface area contributed by atoms with Gasteiger partial charge in [0.25, 0.3) is 0 Å². The van der Waals surface area contributed by atoms with E-state index >= 15 is 0 Å². The van der Waals surface area contributed by atoms with Crippen molar-refractivity contribution in [3.05, 3.63) is 35.4 Å². The molecule has 0 bridgehead atoms. The summed E-state index contributed by atoms with van der Waals surface area (Å²) in [5, 5.41) is 72.4. The van der Waals surface area contributed by atoms with E-state index in [1.54, 1.807) is 24.3 Å². The SMILES string of the molecule is COc1cc([C@@H]2OC[C@@H]3[C@H]2CO[C@H]3c2cc(OC)c(O[C@H]3O[C@H](CO)[C@@H](O)[C@H](O)[C@H]3O[C@@H]3OC[C@](O)(CO)[C@H]3O)c(OC)c2)cc(OC)c1O. The van der Waals surface area contributed by atoms with Crippen LogP contribution in [0.2, 0.25) is 0 Å². The third-order valence-corrected chi connectivity index (χ3v) is 9.84. The molecule has 4 saturated heterocycles. The zero-order chi connectivity index (χ0) is 35.9. The second-order valence-electron chi connectivity index (χ2n) is 12.7. The second-order valence-corrected chi connectivity index (χ2v) is 12.7. The maximum atomic E-state index is 11.0. The summed E-state index contributed by atoms with van der Waals surface area (Å²) in [5.74, 6) is 0.665. The highest BCUT2D eigenvalue weighted by atomic mass is 16.8. The molecule has 0 spiro atoms. The van der Waals surface area contributed by atoms with Crippen LogP contribution < -0.4 is 23.7 Å². The average Bonchev–Trinajstić information content (AvgIpc) is 3.82. The minimum absolute atomic E-state index is 0.0239. The zero-order valence-electron chi connectivity index (χ0n) is 27.9. The van der Waals surface area contributed by atoms with Crippen LogP contribution in [0.15, 0.2) is 24.3 Å². The van der Waals surface area contributed by atoms with Crippen LogP contribution in [-0.2, 0) is 23.7 Å². The fourth-order valence-corrected chi connectivity index (χ4v) is 6.97. The lowest BCUT2D eigenvalue weighted by Crippen LogP contribution is -2.62. The fourth-order valence-electron chi connectivity index (χ4n) is 6.97. The fraction of sp³-hybridized carbons (Fsp3) is 0.636. The summed E-state index contributed by atoms with van der Waals surface area (Å²) >= 11 is 0. The Morgan fingerprint density at radius 1 is 0.740 bits per heavy atom. The average molecular weight is 713 g/mol. The van der Waals surface area contributed by atoms with Crippen LogP contribution in [-0.4, -0.2) is 146 Å². The molecule has 0 saturated carbocycles. The summed E-state index contributed by atoms with van der Waals surface area (Å²) in [6.07, 6.45) is -11.8. The van der Waals surface area contributed by atoms with E-state index in [1.807, 2.05) is 0 Å². The molecule has 50 heavy (non-hydrogen) atoms. The van der Waals surface area contributed by atoms with Crippen LogP contribution in [0.4, 0.5) is 0 Å². The third kappa shape index (κ3) is 6.41. The number of fused-ring (bicyclic) bond motifs is 1. The number of aliphatic hydroxyl groups is 6. The molecule has 4 fully saturated rings. The number of ether oxygens (including phenoxy) is 10. The number of phenolic OH excluding ortho intramolecular Hbond substituents is 1. The molecule has 278 valence electrons. The van der Waals surface area contributed by atoms with Gasteiger partial charge < -0.3 is 83.1 Å². The molecule has 4 heterocycles. The molecule has 0 aliphatic carbocycles. The van der Waals surface area contributed by atoms with Gasteiger partial charge in [-0.15, -0.1) is 0 Å². The second kappa shape index (κ2) is 14.8. The van der Waals surface area contributed by atoms with Gasteiger partial charge in [-0.3, -0.25) is 0 Å². The molecular weight excluding hydrogens is 668 g/mol. The number of aromatic hydroxyl groups is 1. The van der Waals surface area contributed by atoms with Gasteiger partial charge in [0.1, 0.15) is 30.0 Å². The monoisotopic (exact) mass is 712 g/mol. The Kier molecular flexibility index (Phi) is 10.8. The minimum atomic E-state index is -2.02. The van der Waals surface area contributed by atoms with E-state index in [-0.39, 0.29) is 52.4 Å². The van der Waals surface area contributed by atoms with Gasteiger partial charge in [0, 0.05) is 11.8 Å². The van der Waals surface area contributed by atoms with Gasteiger partial charge in [-0.05, 0) is 35.4 Å². The van der Waals surface area contributed by atoms with Crippen molar-refractivity contribution >= 4 is 0 Å². The van der Waals surface area contributed by atoms with Gasteiger partial charge in [0.05, 0.1) is 73.7 Å². The van der Waals surface area contributed by atoms with E-state index in [4.69, 9.17) is 47.4 Å². The summed E-state index contributed by atoms with van der Waals surface area (Å²) in [4.78, 5) is 0. The van der Waals surface area contributed by atoms with Crippen LogP contribution in [0.5, 0.6) is 34.5 Å². The summed E-state index contributed by atoms with van der Waals surface area (Å²) in [6.45, 7) is -1.24. The molecule has 0 unspecified atom stereocenters. The first-order valence-electron chi connectivity index (χ1n) is 16.0. The molecule has 17 nitrogen and oxygen atoms in total. The van der Waals surface area contributed by atoms with E-state index < -0.39 is 74.6 Å². The molecule has 4 aliphatic rings. The zero-order valence-corrected chi connectivity index (χ0v) is 27.9. The highest BCUT2D eigenvalue weighted by Gasteiger charge is 2.54. The van der Waals surface area contributed by atoms with Crippen LogP contribution in [0.3, 0.4) is 0 Å². The molecule has 0 amide bonds. The van der Waals surface area contributed by atoms with Crippen molar-refractivity contribution in [1.29, 1.82) is 0 Å². The first-order valence-corrected chi connectivity index (χ1v) is 16.0. The molecule has 2 aromatic carbocycles. The van der Waals surface area contributed by atoms with Gasteiger partial charge in [-0.25, -0.2) is 0 Å². The molecule has 6 rings (SSSR count). The Hall–Kier alpha value is -3.20. The first kappa shape index (κ1) is 36.6. The molecule has 12 atom stereocenters. The highest BCUT2D eigenvalue weighted by molar-refractivity contribution is 5.55. The van der Waals surface area contributed by atoms with E-state index in [0.29, 0.717) is 18.8 Å². The normalized spacial score (nSPS) is 36.6. The van der Waals surface area contributed by atoms with Gasteiger partial charge >= 0.3 is 0 Å². The van der Waals surface area contributed by atoms with Gasteiger partial charge in [0.15, 0.2) is 35.4 Å². The molecule has 0 aromatic heterocycles. The van der Waals surface area contributed by atoms with E-state index in [9.17, 15) is 35.7 Å². The van der Waals surface area contributed by atoms with Crippen molar-refractivity contribution < 1.29 is 83.1 Å². The molecule has 4 aliphatic heterocycles. The predicted molar refractivity (Wildman–Crippen MR) is 166 cm³/mol. The van der Waals surface area contributed by atoms with E-state index in [0.717, 1.165) is 5.56 Å². The summed E-state index contributed by atoms with van der Waals surface area (Å²) < 4.78 is 57.7. The molecule has 17 heteroatoms. The molecule has 0 radical (unpaired) electrons. The molecule has 2 aromatic rings. The van der Waals surface area contributed by atoms with Crippen molar-refractivity contribution in [2.45, 2.75) is 60.9 Å². The Balaban J connectivity index is 1.26. The van der Waals surface area contributed by atoms with Crippen molar-refractivity contribution in [2.75, 3.05) is 61.5 Å². The standard InChI is InChI=1S/C33H44O17/c1-41-18-5-14(6-19(42-2)23(18)36)26-16-10-46-27(17(16)11-45-26)15-7-20(43-3)28(21(8-15)44-4)49-31-29(25(38)24(37)22(9-34)48-31)50-32-30(39)33(40,12-35)13-47-32/h5-8,16-17,22,24-27,29-32,34-40H,9-13H2,1-4H3/t16-,17-,22-,24-,25+,26+,27+,29-,30+,31-,32+,33-/m1/s1. The molecular formula is C33H44O17. The highest BCUT2D eigenvalue weighted by Crippen LogP contribution is 2.54. The maximum absolute atomic E-state index is 11.0. The Morgan fingerprint density at radius 2 is 1.26 bits per heavy atom. The topological polar surface area (TPSA) is 234 Å². The van der Waals surface area contributed by atoms with Crippen molar-refractivity contribution in [1.82, 2.24) is 0 Å². The number of methoxy groups -OCH3 is 4. The Bertz CT molecular complexity index is 1440. The van der Waals surface area contributed by atoms with Crippen molar-refractivity contribution in [3.63, 3.8) is 0 Å². The number of aliphatic hydroxyl groups excluding tert-OH is 5. The Labute approximate surface area is 287 Å². The number of phenols is 1. The maximum Gasteiger partial charge on any atom is 0.230 e. The summed E-state index contributed by atoms with van der Waals surface area (Å²) in [5.41, 5.74) is -0.567. The number of hydrogen-bond donors (Lipinski definition) is 7. The van der Waals surface area contributed by atoms with Crippen molar-refractivity contribution in [2.24, 2.45) is 11.8 Å². The summed E-state index contributed by atoms with van der Waals surface area (Å²) in [6, 6.07) is 6.82. The van der Waals surface area contributed by atoms with Crippen LogP contribution in [0.25, 0.3) is 0 Å². The lowest BCUT2D eigenvalue weighted by molar-refractivity contribution is -0.319.